The minimum Gasteiger partial charge on any atom is -0.264 e. The van der Waals surface area contributed by atoms with Gasteiger partial charge < -0.3 is 0 Å². The fourth-order valence-electron chi connectivity index (χ4n) is 2.42. The van der Waals surface area contributed by atoms with E-state index >= 15 is 0 Å². The summed E-state index contributed by atoms with van der Waals surface area (Å²) in [5, 5.41) is 0. The van der Waals surface area contributed by atoms with Crippen LogP contribution < -0.4 is 0 Å². The lowest BCUT2D eigenvalue weighted by atomic mass is 9.80. The molecule has 1 atom stereocenters. The molecule has 2 rings (SSSR count). The number of nitrogens with zero attached hydrogens (tertiary/aromatic N) is 1. The molecule has 0 saturated heterocycles. The van der Waals surface area contributed by atoms with Gasteiger partial charge in [0.15, 0.2) is 0 Å². The summed E-state index contributed by atoms with van der Waals surface area (Å²) < 4.78 is 65.8. The predicted octanol–water partition coefficient (Wildman–Crippen LogP) is 4.39. The van der Waals surface area contributed by atoms with Gasteiger partial charge in [0.25, 0.3) is 5.92 Å². The molecule has 1 heterocycles. The zero-order chi connectivity index (χ0) is 13.4. The molecule has 0 radical (unpaired) electrons. The van der Waals surface area contributed by atoms with Gasteiger partial charge in [0, 0.05) is 24.7 Å². The maximum atomic E-state index is 13.7. The second kappa shape index (κ2) is 4.48. The van der Waals surface area contributed by atoms with Crippen molar-refractivity contribution < 1.29 is 22.0 Å². The quantitative estimate of drug-likeness (QED) is 0.686. The van der Waals surface area contributed by atoms with Crippen molar-refractivity contribution in [2.75, 3.05) is 0 Å². The Balaban J connectivity index is 2.44. The van der Waals surface area contributed by atoms with Crippen molar-refractivity contribution in [3.63, 3.8) is 0 Å². The molecule has 1 aromatic heterocycles. The second-order valence-corrected chi connectivity index (χ2v) is 4.52. The maximum absolute atomic E-state index is 13.7. The third-order valence-corrected chi connectivity index (χ3v) is 3.30. The van der Waals surface area contributed by atoms with Crippen molar-refractivity contribution in [1.29, 1.82) is 0 Å². The first-order chi connectivity index (χ1) is 8.32. The van der Waals surface area contributed by atoms with E-state index in [9.17, 15) is 22.0 Å². The van der Waals surface area contributed by atoms with Crippen LogP contribution in [0.4, 0.5) is 22.0 Å². The molecular weight excluding hydrogens is 253 g/mol. The van der Waals surface area contributed by atoms with E-state index in [1.54, 1.807) is 0 Å². The summed E-state index contributed by atoms with van der Waals surface area (Å²) in [5.41, 5.74) is -1.38. The van der Waals surface area contributed by atoms with E-state index in [2.05, 4.69) is 4.98 Å². The Labute approximate surface area is 101 Å². The van der Waals surface area contributed by atoms with Crippen molar-refractivity contribution in [2.45, 2.75) is 43.7 Å². The highest BCUT2D eigenvalue weighted by Gasteiger charge is 2.46. The Hall–Kier alpha value is -1.20. The van der Waals surface area contributed by atoms with Gasteiger partial charge in [0.1, 0.15) is 0 Å². The first-order valence-corrected chi connectivity index (χ1v) is 5.71. The summed E-state index contributed by atoms with van der Waals surface area (Å²) in [4.78, 5) is 3.57. The van der Waals surface area contributed by atoms with Crippen LogP contribution in [0, 0.1) is 0 Å². The van der Waals surface area contributed by atoms with Crippen molar-refractivity contribution in [2.24, 2.45) is 0 Å². The number of aromatic nitrogens is 1. The van der Waals surface area contributed by atoms with E-state index in [0.29, 0.717) is 12.8 Å². The van der Waals surface area contributed by atoms with Gasteiger partial charge in [0.05, 0.1) is 5.56 Å². The Morgan fingerprint density at radius 1 is 1.22 bits per heavy atom. The van der Waals surface area contributed by atoms with Crippen LogP contribution in [0.25, 0.3) is 0 Å². The lowest BCUT2D eigenvalue weighted by Crippen LogP contribution is -2.31. The highest BCUT2D eigenvalue weighted by Crippen LogP contribution is 2.47. The van der Waals surface area contributed by atoms with Crippen LogP contribution in [0.5, 0.6) is 0 Å². The first kappa shape index (κ1) is 13.2. The largest absolute Gasteiger partial charge is 0.416 e. The van der Waals surface area contributed by atoms with Crippen LogP contribution in [0.2, 0.25) is 0 Å². The number of pyridine rings is 1. The molecule has 1 aromatic rings. The topological polar surface area (TPSA) is 12.9 Å². The molecule has 1 aliphatic carbocycles. The minimum absolute atomic E-state index is 0.0712. The molecule has 18 heavy (non-hydrogen) atoms. The molecule has 0 spiro atoms. The van der Waals surface area contributed by atoms with Crippen LogP contribution in [-0.2, 0) is 6.18 Å². The molecular formula is C12H12F5N. The van der Waals surface area contributed by atoms with Crippen LogP contribution in [0.1, 0.15) is 42.7 Å². The molecule has 0 aliphatic heterocycles. The van der Waals surface area contributed by atoms with Gasteiger partial charge in [-0.25, -0.2) is 8.78 Å². The molecule has 1 unspecified atom stereocenters. The highest BCUT2D eigenvalue weighted by atomic mass is 19.4. The van der Waals surface area contributed by atoms with Gasteiger partial charge >= 0.3 is 6.18 Å². The molecule has 0 amide bonds. The number of alkyl halides is 5. The van der Waals surface area contributed by atoms with Gasteiger partial charge in [0.2, 0.25) is 0 Å². The summed E-state index contributed by atoms with van der Waals surface area (Å²) in [6, 6.07) is 0.764. The van der Waals surface area contributed by atoms with Crippen LogP contribution in [0.15, 0.2) is 18.5 Å². The number of halogens is 5. The SMILES string of the molecule is FC(F)(F)c1ccncc1C1CCCCC1(F)F. The van der Waals surface area contributed by atoms with Crippen LogP contribution in [0.3, 0.4) is 0 Å². The number of rotatable bonds is 1. The highest BCUT2D eigenvalue weighted by molar-refractivity contribution is 5.31. The van der Waals surface area contributed by atoms with E-state index in [1.807, 2.05) is 0 Å². The Morgan fingerprint density at radius 2 is 1.94 bits per heavy atom. The van der Waals surface area contributed by atoms with Crippen molar-refractivity contribution in [3.8, 4) is 0 Å². The van der Waals surface area contributed by atoms with Crippen molar-refractivity contribution in [1.82, 2.24) is 4.98 Å². The number of hydrogen-bond acceptors (Lipinski definition) is 1. The average molecular weight is 265 g/mol. The molecule has 0 aromatic carbocycles. The predicted molar refractivity (Wildman–Crippen MR) is 55.4 cm³/mol. The fraction of sp³-hybridized carbons (Fsp3) is 0.583. The molecule has 100 valence electrons. The van der Waals surface area contributed by atoms with Gasteiger partial charge in [-0.15, -0.1) is 0 Å². The third-order valence-electron chi connectivity index (χ3n) is 3.30. The zero-order valence-electron chi connectivity index (χ0n) is 9.47. The molecule has 0 N–H and O–H groups in total. The van der Waals surface area contributed by atoms with E-state index < -0.39 is 23.6 Å². The molecule has 1 nitrogen and oxygen atoms in total. The van der Waals surface area contributed by atoms with Gasteiger partial charge in [-0.1, -0.05) is 6.42 Å². The van der Waals surface area contributed by atoms with Crippen molar-refractivity contribution >= 4 is 0 Å². The van der Waals surface area contributed by atoms with E-state index in [-0.39, 0.29) is 18.4 Å². The second-order valence-electron chi connectivity index (χ2n) is 4.52. The van der Waals surface area contributed by atoms with Crippen molar-refractivity contribution in [3.05, 3.63) is 29.6 Å². The van der Waals surface area contributed by atoms with Gasteiger partial charge in [-0.05, 0) is 24.5 Å². The Morgan fingerprint density at radius 3 is 2.56 bits per heavy atom. The van der Waals surface area contributed by atoms with E-state index in [4.69, 9.17) is 0 Å². The first-order valence-electron chi connectivity index (χ1n) is 5.71. The standard InChI is InChI=1S/C12H12F5N/c13-11(14)5-2-1-3-9(11)8-7-18-6-4-10(8)12(15,16)17/h4,6-7,9H,1-3,5H2. The number of hydrogen-bond donors (Lipinski definition) is 0. The van der Waals surface area contributed by atoms with Crippen LogP contribution in [-0.4, -0.2) is 10.9 Å². The summed E-state index contributed by atoms with van der Waals surface area (Å²) in [5.74, 6) is -4.46. The molecule has 6 heteroatoms. The Bertz CT molecular complexity index is 427. The minimum atomic E-state index is -4.62. The molecule has 0 bridgehead atoms. The summed E-state index contributed by atoms with van der Waals surface area (Å²) in [6.07, 6.45) is -2.13. The molecule has 1 fully saturated rings. The van der Waals surface area contributed by atoms with Gasteiger partial charge in [-0.2, -0.15) is 13.2 Å². The lowest BCUT2D eigenvalue weighted by molar-refractivity contribution is -0.139. The Kier molecular flexibility index (Phi) is 3.29. The lowest BCUT2D eigenvalue weighted by Gasteiger charge is -2.32. The van der Waals surface area contributed by atoms with E-state index in [0.717, 1.165) is 18.5 Å². The van der Waals surface area contributed by atoms with Gasteiger partial charge in [-0.3, -0.25) is 4.98 Å². The summed E-state index contributed by atoms with van der Waals surface area (Å²) in [7, 11) is 0. The molecule has 1 aliphatic rings. The fourth-order valence-corrected chi connectivity index (χ4v) is 2.42. The maximum Gasteiger partial charge on any atom is 0.416 e. The normalized spacial score (nSPS) is 23.9. The van der Waals surface area contributed by atoms with Crippen LogP contribution >= 0.6 is 0 Å². The average Bonchev–Trinajstić information content (AvgIpc) is 2.27. The third kappa shape index (κ3) is 2.47. The zero-order valence-corrected chi connectivity index (χ0v) is 9.47. The monoisotopic (exact) mass is 265 g/mol. The summed E-state index contributed by atoms with van der Waals surface area (Å²) >= 11 is 0. The van der Waals surface area contributed by atoms with E-state index in [1.165, 1.54) is 0 Å². The smallest absolute Gasteiger partial charge is 0.264 e. The summed E-state index contributed by atoms with van der Waals surface area (Å²) in [6.45, 7) is 0. The molecule has 1 saturated carbocycles.